The summed E-state index contributed by atoms with van der Waals surface area (Å²) >= 11 is 1.07. The number of amidine groups is 1. The molecule has 0 radical (unpaired) electrons. The summed E-state index contributed by atoms with van der Waals surface area (Å²) in [5, 5.41) is 9.18. The molecule has 0 amide bonds. The maximum Gasteiger partial charge on any atom is 0.160 e. The number of nitrogen functional groups attached to an aromatic ring is 1. The lowest BCUT2D eigenvalue weighted by atomic mass is 9.91. The minimum Gasteiger partial charge on any atom is -0.399 e. The molecule has 1 aliphatic rings. The van der Waals surface area contributed by atoms with Crippen molar-refractivity contribution in [3.05, 3.63) is 40.6 Å². The molecular weight excluding hydrogens is 251 g/mol. The Bertz CT molecular complexity index is 603. The van der Waals surface area contributed by atoms with Gasteiger partial charge in [-0.2, -0.15) is 5.26 Å². The van der Waals surface area contributed by atoms with Crippen molar-refractivity contribution in [1.29, 1.82) is 5.26 Å². The van der Waals surface area contributed by atoms with Crippen LogP contribution in [-0.2, 0) is 5.54 Å². The van der Waals surface area contributed by atoms with Crippen LogP contribution in [0.1, 0.15) is 12.5 Å². The van der Waals surface area contributed by atoms with Gasteiger partial charge in [-0.15, -0.1) is 0 Å². The van der Waals surface area contributed by atoms with E-state index in [4.69, 9.17) is 16.7 Å². The van der Waals surface area contributed by atoms with Gasteiger partial charge in [0.25, 0.3) is 0 Å². The van der Waals surface area contributed by atoms with E-state index in [9.17, 15) is 4.39 Å². The smallest absolute Gasteiger partial charge is 0.160 e. The second-order valence-electron chi connectivity index (χ2n) is 4.06. The molecule has 92 valence electrons. The first kappa shape index (κ1) is 12.5. The number of allylic oxidation sites excluding steroid dienone is 1. The minimum atomic E-state index is -1.00. The van der Waals surface area contributed by atoms with E-state index < -0.39 is 11.4 Å². The highest BCUT2D eigenvalue weighted by molar-refractivity contribution is 8.17. The molecule has 1 heterocycles. The van der Waals surface area contributed by atoms with Crippen molar-refractivity contribution in [1.82, 2.24) is 0 Å². The van der Waals surface area contributed by atoms with Crippen LogP contribution in [0.3, 0.4) is 0 Å². The van der Waals surface area contributed by atoms with E-state index in [-0.39, 0.29) is 5.17 Å². The fraction of sp³-hybridized carbons (Fsp3) is 0.167. The van der Waals surface area contributed by atoms with Crippen LogP contribution in [0.5, 0.6) is 0 Å². The van der Waals surface area contributed by atoms with Gasteiger partial charge in [0.1, 0.15) is 17.4 Å². The Morgan fingerprint density at radius 1 is 1.44 bits per heavy atom. The van der Waals surface area contributed by atoms with Crippen molar-refractivity contribution in [2.24, 2.45) is 10.7 Å². The number of rotatable bonds is 1. The Kier molecular flexibility index (Phi) is 3.01. The lowest BCUT2D eigenvalue weighted by molar-refractivity contribution is 0.545. The number of nitriles is 1. The van der Waals surface area contributed by atoms with Gasteiger partial charge in [0.2, 0.25) is 0 Å². The van der Waals surface area contributed by atoms with Gasteiger partial charge in [-0.25, -0.2) is 9.38 Å². The van der Waals surface area contributed by atoms with Crippen LogP contribution in [0.2, 0.25) is 0 Å². The lowest BCUT2D eigenvalue weighted by Gasteiger charge is -2.26. The van der Waals surface area contributed by atoms with Crippen molar-refractivity contribution in [2.75, 3.05) is 5.73 Å². The Hall–Kier alpha value is -2.00. The predicted octanol–water partition coefficient (Wildman–Crippen LogP) is 2.09. The predicted molar refractivity (Wildman–Crippen MR) is 71.1 cm³/mol. The van der Waals surface area contributed by atoms with Crippen LogP contribution in [0, 0.1) is 17.1 Å². The molecule has 2 rings (SSSR count). The van der Waals surface area contributed by atoms with E-state index in [2.05, 4.69) is 4.99 Å². The highest BCUT2D eigenvalue weighted by atomic mass is 32.2. The zero-order valence-electron chi connectivity index (χ0n) is 9.64. The van der Waals surface area contributed by atoms with Gasteiger partial charge in [-0.1, -0.05) is 0 Å². The molecular formula is C12H11FN4S. The molecule has 18 heavy (non-hydrogen) atoms. The van der Waals surface area contributed by atoms with Crippen molar-refractivity contribution in [3.8, 4) is 6.07 Å². The van der Waals surface area contributed by atoms with Crippen LogP contribution >= 0.6 is 11.8 Å². The average Bonchev–Trinajstić information content (AvgIpc) is 2.31. The first-order valence-electron chi connectivity index (χ1n) is 5.16. The highest BCUT2D eigenvalue weighted by Gasteiger charge is 2.31. The molecule has 0 unspecified atom stereocenters. The summed E-state index contributed by atoms with van der Waals surface area (Å²) in [6.07, 6.45) is 1.59. The first-order valence-corrected chi connectivity index (χ1v) is 5.98. The molecule has 0 saturated heterocycles. The number of hydrogen-bond donors (Lipinski definition) is 2. The third-order valence-corrected chi connectivity index (χ3v) is 3.34. The molecule has 1 aliphatic heterocycles. The number of halogens is 1. The maximum atomic E-state index is 13.9. The molecule has 0 spiro atoms. The Morgan fingerprint density at radius 2 is 2.17 bits per heavy atom. The number of hydrogen-bond acceptors (Lipinski definition) is 5. The van der Waals surface area contributed by atoms with E-state index in [1.165, 1.54) is 18.2 Å². The van der Waals surface area contributed by atoms with Crippen molar-refractivity contribution in [2.45, 2.75) is 12.5 Å². The molecule has 0 fully saturated rings. The van der Waals surface area contributed by atoms with Crippen LogP contribution in [-0.4, -0.2) is 5.17 Å². The van der Waals surface area contributed by atoms with E-state index in [0.717, 1.165) is 11.8 Å². The van der Waals surface area contributed by atoms with Gasteiger partial charge in [-0.05, 0) is 43.0 Å². The zero-order valence-corrected chi connectivity index (χ0v) is 10.5. The molecule has 4 N–H and O–H groups in total. The standard InChI is InChI=1S/C12H11FN4S/c1-12(5-8(6-14)18-11(16)17-12)9-4-7(15)2-3-10(9)13/h2-5H,15H2,1H3,(H2,16,17)/t12-/m0/s1. The zero-order chi connectivity index (χ0) is 13.3. The molecule has 0 aromatic heterocycles. The van der Waals surface area contributed by atoms with Crippen LogP contribution < -0.4 is 11.5 Å². The van der Waals surface area contributed by atoms with Crippen LogP contribution in [0.15, 0.2) is 34.2 Å². The van der Waals surface area contributed by atoms with Crippen LogP contribution in [0.25, 0.3) is 0 Å². The summed E-state index contributed by atoms with van der Waals surface area (Å²) in [5.41, 5.74) is 11.1. The molecule has 0 bridgehead atoms. The van der Waals surface area contributed by atoms with Gasteiger partial charge in [-0.3, -0.25) is 0 Å². The molecule has 1 atom stereocenters. The molecule has 0 saturated carbocycles. The quantitative estimate of drug-likeness (QED) is 0.758. The molecule has 0 aliphatic carbocycles. The SMILES string of the molecule is C[C@@]1(c2cc(N)ccc2F)C=C(C#N)SC(N)=N1. The van der Waals surface area contributed by atoms with Gasteiger partial charge in [0.05, 0.1) is 4.91 Å². The van der Waals surface area contributed by atoms with Gasteiger partial charge in [0.15, 0.2) is 5.17 Å². The third kappa shape index (κ3) is 2.17. The molecule has 6 heteroatoms. The Labute approximate surface area is 108 Å². The molecule has 1 aromatic rings. The van der Waals surface area contributed by atoms with Gasteiger partial charge in [0, 0.05) is 11.3 Å². The minimum absolute atomic E-state index is 0.235. The average molecular weight is 262 g/mol. The Balaban J connectivity index is 2.60. The second-order valence-corrected chi connectivity index (χ2v) is 5.12. The van der Waals surface area contributed by atoms with Crippen molar-refractivity contribution < 1.29 is 4.39 Å². The number of thioether (sulfide) groups is 1. The van der Waals surface area contributed by atoms with Crippen LogP contribution in [0.4, 0.5) is 10.1 Å². The first-order chi connectivity index (χ1) is 8.44. The summed E-state index contributed by atoms with van der Waals surface area (Å²) in [7, 11) is 0. The fourth-order valence-electron chi connectivity index (χ4n) is 1.81. The van der Waals surface area contributed by atoms with E-state index in [1.807, 2.05) is 6.07 Å². The molecule has 4 nitrogen and oxygen atoms in total. The Morgan fingerprint density at radius 3 is 2.83 bits per heavy atom. The van der Waals surface area contributed by atoms with E-state index >= 15 is 0 Å². The second kappa shape index (κ2) is 4.35. The topological polar surface area (TPSA) is 88.2 Å². The number of anilines is 1. The number of aliphatic imine (C=N–C) groups is 1. The van der Waals surface area contributed by atoms with Gasteiger partial charge >= 0.3 is 0 Å². The monoisotopic (exact) mass is 262 g/mol. The summed E-state index contributed by atoms with van der Waals surface area (Å²) in [6, 6.07) is 6.27. The van der Waals surface area contributed by atoms with E-state index in [0.29, 0.717) is 16.2 Å². The maximum absolute atomic E-state index is 13.9. The fourth-order valence-corrected chi connectivity index (χ4v) is 2.60. The third-order valence-electron chi connectivity index (χ3n) is 2.62. The molecule has 1 aromatic carbocycles. The van der Waals surface area contributed by atoms with Gasteiger partial charge < -0.3 is 11.5 Å². The highest BCUT2D eigenvalue weighted by Crippen LogP contribution is 2.37. The van der Waals surface area contributed by atoms with Crippen molar-refractivity contribution >= 4 is 22.6 Å². The number of nitrogens with two attached hydrogens (primary N) is 2. The summed E-state index contributed by atoms with van der Waals surface area (Å²) in [6.45, 7) is 1.69. The number of nitrogens with zero attached hydrogens (tertiary/aromatic N) is 2. The summed E-state index contributed by atoms with van der Waals surface area (Å²) < 4.78 is 13.9. The van der Waals surface area contributed by atoms with Crippen molar-refractivity contribution in [3.63, 3.8) is 0 Å². The van der Waals surface area contributed by atoms with E-state index in [1.54, 1.807) is 13.0 Å². The summed E-state index contributed by atoms with van der Waals surface area (Å²) in [4.78, 5) is 4.61. The lowest BCUT2D eigenvalue weighted by Crippen LogP contribution is -2.26. The summed E-state index contributed by atoms with van der Waals surface area (Å²) in [5.74, 6) is -0.427. The largest absolute Gasteiger partial charge is 0.399 e. The number of benzene rings is 1. The normalized spacial score (nSPS) is 22.9.